The topological polar surface area (TPSA) is 92.8 Å². The number of ether oxygens (including phenoxy) is 1. The van der Waals surface area contributed by atoms with Gasteiger partial charge in [0.15, 0.2) is 12.4 Å². The number of likely N-dealkylation sites (N-methyl/N-ethyl adjacent to an activating group) is 1. The Balaban J connectivity index is 1.68. The fourth-order valence-corrected chi connectivity index (χ4v) is 4.42. The molecule has 0 aromatic heterocycles. The summed E-state index contributed by atoms with van der Waals surface area (Å²) in [5, 5.41) is 2.95. The standard InChI is InChI=1S/C25H27ClN2O5/c1-17(27-23(31)18-10-4-3-5-11-18)24(32)33-16-22(30)28(2)25(15-9-8-14-21(25)29)19-12-6-7-13-20(19)26/h3-7,10-13,17H,8-9,14-16H2,1-2H3,(H,27,31)/t17-,25+/m1/s1. The third-order valence-electron chi connectivity index (χ3n) is 5.99. The maximum Gasteiger partial charge on any atom is 0.328 e. The minimum atomic E-state index is -1.20. The van der Waals surface area contributed by atoms with Gasteiger partial charge in [-0.15, -0.1) is 0 Å². The van der Waals surface area contributed by atoms with Crippen LogP contribution in [0.5, 0.6) is 0 Å². The molecule has 0 saturated heterocycles. The lowest BCUT2D eigenvalue weighted by Crippen LogP contribution is -2.55. The van der Waals surface area contributed by atoms with Crippen molar-refractivity contribution in [3.63, 3.8) is 0 Å². The molecule has 0 heterocycles. The summed E-state index contributed by atoms with van der Waals surface area (Å²) >= 11 is 6.41. The van der Waals surface area contributed by atoms with E-state index in [-0.39, 0.29) is 5.78 Å². The van der Waals surface area contributed by atoms with Gasteiger partial charge in [0.2, 0.25) is 0 Å². The largest absolute Gasteiger partial charge is 0.454 e. The van der Waals surface area contributed by atoms with Crippen molar-refractivity contribution < 1.29 is 23.9 Å². The van der Waals surface area contributed by atoms with Crippen LogP contribution in [0, 0.1) is 0 Å². The Morgan fingerprint density at radius 2 is 1.76 bits per heavy atom. The highest BCUT2D eigenvalue weighted by atomic mass is 35.5. The number of esters is 1. The first-order chi connectivity index (χ1) is 15.8. The summed E-state index contributed by atoms with van der Waals surface area (Å²) in [6.45, 7) is 0.924. The maximum atomic E-state index is 13.1. The van der Waals surface area contributed by atoms with Gasteiger partial charge in [-0.2, -0.15) is 0 Å². The first kappa shape index (κ1) is 24.5. The smallest absolute Gasteiger partial charge is 0.328 e. The highest BCUT2D eigenvalue weighted by molar-refractivity contribution is 6.31. The van der Waals surface area contributed by atoms with Crippen molar-refractivity contribution in [1.82, 2.24) is 10.2 Å². The summed E-state index contributed by atoms with van der Waals surface area (Å²) in [4.78, 5) is 52.1. The van der Waals surface area contributed by atoms with E-state index in [9.17, 15) is 19.2 Å². The van der Waals surface area contributed by atoms with Crippen molar-refractivity contribution in [1.29, 1.82) is 0 Å². The molecule has 0 bridgehead atoms. The lowest BCUT2D eigenvalue weighted by molar-refractivity contribution is -0.158. The summed E-state index contributed by atoms with van der Waals surface area (Å²) in [6.07, 6.45) is 2.29. The molecule has 0 spiro atoms. The predicted molar refractivity (Wildman–Crippen MR) is 124 cm³/mol. The van der Waals surface area contributed by atoms with Gasteiger partial charge in [-0.05, 0) is 44.4 Å². The highest BCUT2D eigenvalue weighted by Crippen LogP contribution is 2.42. The first-order valence-corrected chi connectivity index (χ1v) is 11.2. The number of amides is 2. The van der Waals surface area contributed by atoms with E-state index in [1.165, 1.54) is 18.9 Å². The van der Waals surface area contributed by atoms with Crippen LogP contribution in [-0.4, -0.2) is 48.2 Å². The quantitative estimate of drug-likeness (QED) is 0.625. The maximum absolute atomic E-state index is 13.1. The summed E-state index contributed by atoms with van der Waals surface area (Å²) < 4.78 is 5.17. The third kappa shape index (κ3) is 5.25. The molecule has 33 heavy (non-hydrogen) atoms. The average molecular weight is 471 g/mol. The van der Waals surface area contributed by atoms with Crippen molar-refractivity contribution in [3.05, 3.63) is 70.7 Å². The van der Waals surface area contributed by atoms with Gasteiger partial charge in [0.1, 0.15) is 11.6 Å². The Kier molecular flexibility index (Phi) is 7.87. The molecule has 1 N–H and O–H groups in total. The van der Waals surface area contributed by atoms with E-state index >= 15 is 0 Å². The molecule has 8 heteroatoms. The summed E-state index contributed by atoms with van der Waals surface area (Å²) in [6, 6.07) is 14.5. The van der Waals surface area contributed by atoms with Crippen LogP contribution in [0.2, 0.25) is 5.02 Å². The molecule has 2 aromatic carbocycles. The van der Waals surface area contributed by atoms with Gasteiger partial charge >= 0.3 is 5.97 Å². The van der Waals surface area contributed by atoms with E-state index in [0.717, 1.165) is 12.8 Å². The molecule has 1 aliphatic rings. The fourth-order valence-electron chi connectivity index (χ4n) is 4.13. The minimum absolute atomic E-state index is 0.0903. The van der Waals surface area contributed by atoms with E-state index in [0.29, 0.717) is 29.0 Å². The average Bonchev–Trinajstić information content (AvgIpc) is 2.83. The molecule has 174 valence electrons. The van der Waals surface area contributed by atoms with E-state index in [1.54, 1.807) is 54.6 Å². The zero-order chi connectivity index (χ0) is 24.0. The predicted octanol–water partition coefficient (Wildman–Crippen LogP) is 3.50. The normalized spacial score (nSPS) is 18.8. The van der Waals surface area contributed by atoms with Crippen LogP contribution < -0.4 is 5.32 Å². The van der Waals surface area contributed by atoms with Gasteiger partial charge in [0.05, 0.1) is 0 Å². The Hall–Kier alpha value is -3.19. The number of carbonyl (C=O) groups excluding carboxylic acids is 4. The Morgan fingerprint density at radius 1 is 1.09 bits per heavy atom. The van der Waals surface area contributed by atoms with E-state index < -0.39 is 36.0 Å². The molecule has 3 rings (SSSR count). The molecule has 1 saturated carbocycles. The van der Waals surface area contributed by atoms with Crippen molar-refractivity contribution in [2.45, 2.75) is 44.2 Å². The summed E-state index contributed by atoms with van der Waals surface area (Å²) in [7, 11) is 1.53. The number of carbonyl (C=O) groups is 4. The van der Waals surface area contributed by atoms with Crippen LogP contribution >= 0.6 is 11.6 Å². The number of nitrogens with zero attached hydrogens (tertiary/aromatic N) is 1. The molecule has 1 aliphatic carbocycles. The molecule has 0 unspecified atom stereocenters. The van der Waals surface area contributed by atoms with Crippen LogP contribution in [-0.2, 0) is 24.7 Å². The Bertz CT molecular complexity index is 1040. The van der Waals surface area contributed by atoms with Crippen LogP contribution in [0.3, 0.4) is 0 Å². The van der Waals surface area contributed by atoms with Gasteiger partial charge < -0.3 is 15.0 Å². The van der Waals surface area contributed by atoms with Gasteiger partial charge in [0.25, 0.3) is 11.8 Å². The lowest BCUT2D eigenvalue weighted by atomic mass is 9.74. The Morgan fingerprint density at radius 3 is 2.42 bits per heavy atom. The highest BCUT2D eigenvalue weighted by Gasteiger charge is 2.48. The molecule has 0 radical (unpaired) electrons. The van der Waals surface area contributed by atoms with E-state index in [1.807, 2.05) is 0 Å². The van der Waals surface area contributed by atoms with Gasteiger partial charge in [0, 0.05) is 29.6 Å². The summed E-state index contributed by atoms with van der Waals surface area (Å²) in [5.74, 6) is -1.79. The zero-order valence-electron chi connectivity index (χ0n) is 18.7. The fraction of sp³-hybridized carbons (Fsp3) is 0.360. The number of halogens is 1. The number of hydrogen-bond donors (Lipinski definition) is 1. The van der Waals surface area contributed by atoms with Crippen LogP contribution in [0.15, 0.2) is 54.6 Å². The number of hydrogen-bond acceptors (Lipinski definition) is 5. The molecule has 2 atom stereocenters. The van der Waals surface area contributed by atoms with Gasteiger partial charge in [-0.25, -0.2) is 4.79 Å². The second kappa shape index (κ2) is 10.6. The first-order valence-electron chi connectivity index (χ1n) is 10.8. The lowest BCUT2D eigenvalue weighted by Gasteiger charge is -2.43. The number of Topliss-reactive ketones (excluding diaryl/α,β-unsaturated/α-hetero) is 1. The SMILES string of the molecule is C[C@@H](NC(=O)c1ccccc1)C(=O)OCC(=O)N(C)[C@]1(c2ccccc2Cl)CCCCC1=O. The van der Waals surface area contributed by atoms with Gasteiger partial charge in [-0.3, -0.25) is 14.4 Å². The Labute approximate surface area is 198 Å². The van der Waals surface area contributed by atoms with Gasteiger partial charge in [-0.1, -0.05) is 48.0 Å². The number of nitrogens with one attached hydrogen (secondary N) is 1. The molecule has 1 fully saturated rings. The zero-order valence-corrected chi connectivity index (χ0v) is 19.4. The van der Waals surface area contributed by atoms with E-state index in [4.69, 9.17) is 16.3 Å². The second-order valence-corrected chi connectivity index (χ2v) is 8.50. The molecule has 2 aromatic rings. The van der Waals surface area contributed by atoms with Crippen molar-refractivity contribution >= 4 is 35.2 Å². The summed E-state index contributed by atoms with van der Waals surface area (Å²) in [5.41, 5.74) is -0.222. The number of benzene rings is 2. The van der Waals surface area contributed by atoms with Crippen LogP contribution in [0.25, 0.3) is 0 Å². The van der Waals surface area contributed by atoms with Crippen molar-refractivity contribution in [2.24, 2.45) is 0 Å². The van der Waals surface area contributed by atoms with Crippen molar-refractivity contribution in [2.75, 3.05) is 13.7 Å². The monoisotopic (exact) mass is 470 g/mol. The van der Waals surface area contributed by atoms with Crippen molar-refractivity contribution in [3.8, 4) is 0 Å². The molecule has 2 amide bonds. The molecule has 7 nitrogen and oxygen atoms in total. The van der Waals surface area contributed by atoms with Crippen LogP contribution in [0.4, 0.5) is 0 Å². The van der Waals surface area contributed by atoms with E-state index in [2.05, 4.69) is 5.32 Å². The third-order valence-corrected chi connectivity index (χ3v) is 6.32. The number of ketones is 1. The van der Waals surface area contributed by atoms with Crippen LogP contribution in [0.1, 0.15) is 48.5 Å². The number of rotatable bonds is 7. The molecule has 0 aliphatic heterocycles. The second-order valence-electron chi connectivity index (χ2n) is 8.09. The molecular weight excluding hydrogens is 444 g/mol. The molecular formula is C25H27ClN2O5. The minimum Gasteiger partial charge on any atom is -0.454 e.